The molecule has 1 aromatic rings. The van der Waals surface area contributed by atoms with Crippen molar-refractivity contribution in [1.82, 2.24) is 0 Å². The molecule has 0 radical (unpaired) electrons. The number of carbonyl (C=O) groups excluding carboxylic acids is 1. The minimum Gasteiger partial charge on any atom is -0.469 e. The van der Waals surface area contributed by atoms with Crippen LogP contribution in [0.1, 0.15) is 12.0 Å². The van der Waals surface area contributed by atoms with Gasteiger partial charge in [-0.1, -0.05) is 6.07 Å². The number of anilines is 1. The Morgan fingerprint density at radius 3 is 3.06 bits per heavy atom. The molecular weight excluding hydrogens is 296 g/mol. The lowest BCUT2D eigenvalue weighted by Gasteiger charge is -2.20. The zero-order chi connectivity index (χ0) is 13.1. The van der Waals surface area contributed by atoms with Crippen LogP contribution in [0.25, 0.3) is 0 Å². The molecule has 0 spiro atoms. The number of methoxy groups -OCH3 is 1. The van der Waals surface area contributed by atoms with Crippen molar-refractivity contribution in [3.05, 3.63) is 28.2 Å². The Morgan fingerprint density at radius 1 is 1.61 bits per heavy atom. The van der Waals surface area contributed by atoms with Gasteiger partial charge in [0.1, 0.15) is 6.07 Å². The van der Waals surface area contributed by atoms with E-state index in [1.807, 2.05) is 18.2 Å². The van der Waals surface area contributed by atoms with E-state index in [1.54, 1.807) is 0 Å². The second-order valence-electron chi connectivity index (χ2n) is 4.20. The van der Waals surface area contributed by atoms with Crippen LogP contribution < -0.4 is 4.90 Å². The summed E-state index contributed by atoms with van der Waals surface area (Å²) in [6.07, 6.45) is 0.768. The number of nitriles is 1. The highest BCUT2D eigenvalue weighted by atomic mass is 79.9. The van der Waals surface area contributed by atoms with Crippen LogP contribution in [0.3, 0.4) is 0 Å². The molecule has 1 aliphatic heterocycles. The molecule has 1 unspecified atom stereocenters. The Hall–Kier alpha value is -1.54. The fraction of sp³-hybridized carbons (Fsp3) is 0.385. The number of rotatable bonds is 2. The predicted octanol–water partition coefficient (Wildman–Crippen LogP) is 2.32. The minimum absolute atomic E-state index is 0.0967. The third kappa shape index (κ3) is 2.34. The number of carbonyl (C=O) groups is 1. The molecule has 18 heavy (non-hydrogen) atoms. The average molecular weight is 309 g/mol. The van der Waals surface area contributed by atoms with Crippen molar-refractivity contribution in [3.8, 4) is 6.07 Å². The van der Waals surface area contributed by atoms with Crippen LogP contribution in [-0.2, 0) is 9.53 Å². The van der Waals surface area contributed by atoms with E-state index in [-0.39, 0.29) is 11.9 Å². The van der Waals surface area contributed by atoms with E-state index in [0.29, 0.717) is 12.1 Å². The number of hydrogen-bond donors (Lipinski definition) is 0. The van der Waals surface area contributed by atoms with Gasteiger partial charge in [-0.25, -0.2) is 0 Å². The van der Waals surface area contributed by atoms with Crippen LogP contribution in [0.4, 0.5) is 5.69 Å². The van der Waals surface area contributed by atoms with Gasteiger partial charge in [0.15, 0.2) is 0 Å². The first-order valence-electron chi connectivity index (χ1n) is 5.68. The van der Waals surface area contributed by atoms with E-state index in [1.165, 1.54) is 7.11 Å². The first kappa shape index (κ1) is 12.9. The lowest BCUT2D eigenvalue weighted by Crippen LogP contribution is -2.24. The predicted molar refractivity (Wildman–Crippen MR) is 71.2 cm³/mol. The van der Waals surface area contributed by atoms with Crippen LogP contribution in [0.5, 0.6) is 0 Å². The molecule has 1 saturated heterocycles. The Kier molecular flexibility index (Phi) is 3.87. The molecule has 94 valence electrons. The summed E-state index contributed by atoms with van der Waals surface area (Å²) in [6, 6.07) is 7.84. The molecule has 2 rings (SSSR count). The van der Waals surface area contributed by atoms with Crippen molar-refractivity contribution in [2.45, 2.75) is 6.42 Å². The molecular formula is C13H13BrN2O2. The van der Waals surface area contributed by atoms with E-state index in [2.05, 4.69) is 26.9 Å². The highest BCUT2D eigenvalue weighted by Gasteiger charge is 2.30. The molecule has 4 nitrogen and oxygen atoms in total. The van der Waals surface area contributed by atoms with Crippen molar-refractivity contribution >= 4 is 27.6 Å². The van der Waals surface area contributed by atoms with Crippen molar-refractivity contribution in [3.63, 3.8) is 0 Å². The number of benzene rings is 1. The molecule has 0 bridgehead atoms. The van der Waals surface area contributed by atoms with Crippen LogP contribution in [0.2, 0.25) is 0 Å². The second-order valence-corrected chi connectivity index (χ2v) is 5.05. The first-order chi connectivity index (χ1) is 8.67. The van der Waals surface area contributed by atoms with E-state index in [9.17, 15) is 10.1 Å². The first-order valence-corrected chi connectivity index (χ1v) is 6.48. The summed E-state index contributed by atoms with van der Waals surface area (Å²) in [5.74, 6) is -0.272. The fourth-order valence-electron chi connectivity index (χ4n) is 2.23. The Bertz CT molecular complexity index is 510. The molecule has 5 heteroatoms. The van der Waals surface area contributed by atoms with Crippen molar-refractivity contribution in [1.29, 1.82) is 5.26 Å². The van der Waals surface area contributed by atoms with Gasteiger partial charge in [-0.3, -0.25) is 4.79 Å². The number of hydrogen-bond acceptors (Lipinski definition) is 4. The standard InChI is InChI=1S/C13H13BrN2O2/c1-18-13(17)9-5-6-16(8-9)12-4-2-3-11(14)10(12)7-15/h2-4,9H,5-6,8H2,1H3. The number of esters is 1. The normalized spacial score (nSPS) is 18.5. The van der Waals surface area contributed by atoms with Crippen LogP contribution in [0, 0.1) is 17.2 Å². The van der Waals surface area contributed by atoms with Gasteiger partial charge in [0.2, 0.25) is 0 Å². The summed E-state index contributed by atoms with van der Waals surface area (Å²) >= 11 is 3.37. The third-order valence-electron chi connectivity index (χ3n) is 3.17. The highest BCUT2D eigenvalue weighted by Crippen LogP contribution is 2.31. The maximum Gasteiger partial charge on any atom is 0.310 e. The topological polar surface area (TPSA) is 53.3 Å². The number of halogens is 1. The third-order valence-corrected chi connectivity index (χ3v) is 3.83. The van der Waals surface area contributed by atoms with Crippen LogP contribution in [-0.4, -0.2) is 26.2 Å². The van der Waals surface area contributed by atoms with E-state index < -0.39 is 0 Å². The smallest absolute Gasteiger partial charge is 0.310 e. The van der Waals surface area contributed by atoms with Gasteiger partial charge in [-0.05, 0) is 34.5 Å². The lowest BCUT2D eigenvalue weighted by atomic mass is 10.1. The quantitative estimate of drug-likeness (QED) is 0.787. The average Bonchev–Trinajstić information content (AvgIpc) is 2.87. The van der Waals surface area contributed by atoms with Crippen molar-refractivity contribution < 1.29 is 9.53 Å². The Morgan fingerprint density at radius 2 is 2.39 bits per heavy atom. The lowest BCUT2D eigenvalue weighted by molar-refractivity contribution is -0.144. The molecule has 0 aliphatic carbocycles. The summed E-state index contributed by atoms with van der Waals surface area (Å²) in [7, 11) is 1.41. The SMILES string of the molecule is COC(=O)C1CCN(c2cccc(Br)c2C#N)C1. The van der Waals surface area contributed by atoms with Gasteiger partial charge in [0, 0.05) is 17.6 Å². The Labute approximate surface area is 114 Å². The monoisotopic (exact) mass is 308 g/mol. The van der Waals surface area contributed by atoms with Gasteiger partial charge in [-0.2, -0.15) is 5.26 Å². The summed E-state index contributed by atoms with van der Waals surface area (Å²) in [4.78, 5) is 13.5. The van der Waals surface area contributed by atoms with Crippen LogP contribution >= 0.6 is 15.9 Å². The molecule has 1 heterocycles. The zero-order valence-electron chi connectivity index (χ0n) is 10.0. The van der Waals surface area contributed by atoms with Gasteiger partial charge in [0.25, 0.3) is 0 Å². The zero-order valence-corrected chi connectivity index (χ0v) is 11.6. The summed E-state index contributed by atoms with van der Waals surface area (Å²) in [5.41, 5.74) is 1.49. The molecule has 1 aromatic carbocycles. The number of nitrogens with zero attached hydrogens (tertiary/aromatic N) is 2. The molecule has 1 atom stereocenters. The summed E-state index contributed by atoms with van der Waals surface area (Å²) < 4.78 is 5.54. The maximum absolute atomic E-state index is 11.5. The molecule has 0 amide bonds. The van der Waals surface area contributed by atoms with Gasteiger partial charge < -0.3 is 9.64 Å². The fourth-order valence-corrected chi connectivity index (χ4v) is 2.67. The van der Waals surface area contributed by atoms with Crippen molar-refractivity contribution in [2.24, 2.45) is 5.92 Å². The molecule has 0 aromatic heterocycles. The van der Waals surface area contributed by atoms with Gasteiger partial charge in [0.05, 0.1) is 24.3 Å². The molecule has 0 saturated carbocycles. The summed E-state index contributed by atoms with van der Waals surface area (Å²) in [6.45, 7) is 1.38. The molecule has 0 N–H and O–H groups in total. The largest absolute Gasteiger partial charge is 0.469 e. The van der Waals surface area contributed by atoms with Crippen LogP contribution in [0.15, 0.2) is 22.7 Å². The van der Waals surface area contributed by atoms with E-state index in [4.69, 9.17) is 4.74 Å². The van der Waals surface area contributed by atoms with Crippen molar-refractivity contribution in [2.75, 3.05) is 25.1 Å². The number of ether oxygens (including phenoxy) is 1. The highest BCUT2D eigenvalue weighted by molar-refractivity contribution is 9.10. The Balaban J connectivity index is 2.23. The second kappa shape index (κ2) is 5.40. The summed E-state index contributed by atoms with van der Waals surface area (Å²) in [5, 5.41) is 9.18. The maximum atomic E-state index is 11.5. The minimum atomic E-state index is -0.175. The van der Waals surface area contributed by atoms with E-state index in [0.717, 1.165) is 23.1 Å². The van der Waals surface area contributed by atoms with Gasteiger partial charge in [-0.15, -0.1) is 0 Å². The molecule has 1 fully saturated rings. The molecule has 1 aliphatic rings. The van der Waals surface area contributed by atoms with Gasteiger partial charge >= 0.3 is 5.97 Å². The van der Waals surface area contributed by atoms with E-state index >= 15 is 0 Å².